The molecule has 4 fully saturated rings. The number of aliphatic hydroxyl groups excluding tert-OH is 2. The van der Waals surface area contributed by atoms with E-state index in [4.69, 9.17) is 14.2 Å². The SMILES string of the molecule is CCC(C)C(=O)O[C@H]1C(=O)O[C@@H]2CC3C(C)=CC(=O)[C@@H](O)[C@]3(C)C3[C@@]24CO[C@@]3(O)[C@H](O)[C@H](C)[C@H]14. The van der Waals surface area contributed by atoms with Crippen LogP contribution in [0.25, 0.3) is 0 Å². The van der Waals surface area contributed by atoms with Gasteiger partial charge >= 0.3 is 11.9 Å². The van der Waals surface area contributed by atoms with E-state index in [2.05, 4.69) is 0 Å². The molecular weight excluding hydrogens is 444 g/mol. The molecule has 0 aromatic heterocycles. The first-order chi connectivity index (χ1) is 15.8. The number of ketones is 1. The molecule has 0 amide bonds. The highest BCUT2D eigenvalue weighted by Crippen LogP contribution is 2.73. The molecule has 1 spiro atoms. The molecule has 2 bridgehead atoms. The second-order valence-electron chi connectivity index (χ2n) is 11.4. The predicted octanol–water partition coefficient (Wildman–Crippen LogP) is 0.734. The molecule has 5 rings (SSSR count). The van der Waals surface area contributed by atoms with E-state index in [-0.39, 0.29) is 12.5 Å². The second kappa shape index (κ2) is 7.35. The summed E-state index contributed by atoms with van der Waals surface area (Å²) in [5.41, 5.74) is -1.51. The maximum atomic E-state index is 13.2. The molecule has 2 saturated heterocycles. The van der Waals surface area contributed by atoms with E-state index in [9.17, 15) is 29.7 Å². The Morgan fingerprint density at radius 3 is 2.65 bits per heavy atom. The van der Waals surface area contributed by atoms with Crippen molar-refractivity contribution in [2.45, 2.75) is 77.7 Å². The molecule has 2 heterocycles. The van der Waals surface area contributed by atoms with E-state index >= 15 is 0 Å². The zero-order valence-corrected chi connectivity index (χ0v) is 20.2. The second-order valence-corrected chi connectivity index (χ2v) is 11.4. The number of carbonyl (C=O) groups excluding carboxylic acids is 3. The number of allylic oxidation sites excluding steroid dienone is 1. The fourth-order valence-electron chi connectivity index (χ4n) is 8.14. The fourth-order valence-corrected chi connectivity index (χ4v) is 8.14. The van der Waals surface area contributed by atoms with E-state index in [1.807, 2.05) is 6.92 Å². The first kappa shape index (κ1) is 23.9. The first-order valence-electron chi connectivity index (χ1n) is 12.2. The minimum absolute atomic E-state index is 0.0540. The first-order valence-corrected chi connectivity index (χ1v) is 12.2. The van der Waals surface area contributed by atoms with Gasteiger partial charge in [-0.3, -0.25) is 9.59 Å². The van der Waals surface area contributed by atoms with Crippen LogP contribution in [0.1, 0.15) is 47.5 Å². The fraction of sp³-hybridized carbons (Fsp3) is 0.800. The maximum Gasteiger partial charge on any atom is 0.348 e. The zero-order valence-electron chi connectivity index (χ0n) is 20.2. The number of hydrogen-bond acceptors (Lipinski definition) is 9. The summed E-state index contributed by atoms with van der Waals surface area (Å²) >= 11 is 0. The Bertz CT molecular complexity index is 975. The van der Waals surface area contributed by atoms with Gasteiger partial charge in [-0.05, 0) is 37.7 Å². The Morgan fingerprint density at radius 1 is 1.32 bits per heavy atom. The van der Waals surface area contributed by atoms with Crippen molar-refractivity contribution in [3.8, 4) is 0 Å². The van der Waals surface area contributed by atoms with Gasteiger partial charge in [0.1, 0.15) is 18.3 Å². The van der Waals surface area contributed by atoms with Gasteiger partial charge in [-0.2, -0.15) is 0 Å². The zero-order chi connectivity index (χ0) is 25.0. The Kier molecular flexibility index (Phi) is 5.17. The van der Waals surface area contributed by atoms with Crippen molar-refractivity contribution in [1.29, 1.82) is 0 Å². The molecule has 9 nitrogen and oxygen atoms in total. The Balaban J connectivity index is 1.69. The third-order valence-electron chi connectivity index (χ3n) is 9.89. The molecule has 3 unspecified atom stereocenters. The van der Waals surface area contributed by atoms with Gasteiger partial charge in [0.15, 0.2) is 11.6 Å². The van der Waals surface area contributed by atoms with E-state index in [0.29, 0.717) is 12.8 Å². The summed E-state index contributed by atoms with van der Waals surface area (Å²) < 4.78 is 17.6. The molecule has 0 aromatic rings. The third kappa shape index (κ3) is 2.61. The van der Waals surface area contributed by atoms with Crippen LogP contribution < -0.4 is 0 Å². The number of rotatable bonds is 3. The molecule has 0 radical (unpaired) electrons. The number of esters is 2. The molecule has 12 atom stereocenters. The molecular formula is C25H34O9. The molecule has 2 saturated carbocycles. The monoisotopic (exact) mass is 478 g/mol. The number of ether oxygens (including phenoxy) is 3. The highest BCUT2D eigenvalue weighted by molar-refractivity contribution is 5.96. The highest BCUT2D eigenvalue weighted by Gasteiger charge is 2.83. The van der Waals surface area contributed by atoms with E-state index < -0.39 is 82.4 Å². The largest absolute Gasteiger partial charge is 0.459 e. The minimum Gasteiger partial charge on any atom is -0.459 e. The lowest BCUT2D eigenvalue weighted by atomic mass is 9.38. The van der Waals surface area contributed by atoms with Crippen LogP contribution in [0.3, 0.4) is 0 Å². The van der Waals surface area contributed by atoms with Crippen molar-refractivity contribution in [2.24, 2.45) is 40.4 Å². The normalized spacial score (nSPS) is 52.2. The van der Waals surface area contributed by atoms with Gasteiger partial charge in [0.05, 0.1) is 12.5 Å². The standard InChI is InChI=1S/C25H34O9/c1-6-10(2)20(29)34-17-16-12(4)18(27)25(31)22-23(5)13(11(3)7-14(26)19(23)28)8-15(33-21(17)30)24(16,22)9-32-25/h7,10,12-13,15-19,22,27-28,31H,6,8-9H2,1-5H3/t10?,12-,13?,15-,16-,17-,18-,19-,22?,23-,24+,25+/m1/s1. The Hall–Kier alpha value is -1.81. The molecule has 3 N–H and O–H groups in total. The molecule has 188 valence electrons. The molecule has 2 aliphatic heterocycles. The summed E-state index contributed by atoms with van der Waals surface area (Å²) in [5, 5.41) is 34.3. The van der Waals surface area contributed by atoms with Crippen LogP contribution >= 0.6 is 0 Å². The summed E-state index contributed by atoms with van der Waals surface area (Å²) in [7, 11) is 0. The molecule has 5 aliphatic rings. The quantitative estimate of drug-likeness (QED) is 0.501. The van der Waals surface area contributed by atoms with Crippen molar-refractivity contribution in [1.82, 2.24) is 0 Å². The lowest BCUT2D eigenvalue weighted by molar-refractivity contribution is -0.340. The average molecular weight is 479 g/mol. The van der Waals surface area contributed by atoms with Crippen LogP contribution in [0.4, 0.5) is 0 Å². The van der Waals surface area contributed by atoms with Gasteiger partial charge in [0, 0.05) is 22.7 Å². The van der Waals surface area contributed by atoms with Gasteiger partial charge in [-0.15, -0.1) is 0 Å². The van der Waals surface area contributed by atoms with Crippen LogP contribution in [-0.2, 0) is 28.6 Å². The molecule has 0 aromatic carbocycles. The van der Waals surface area contributed by atoms with Crippen LogP contribution in [0.2, 0.25) is 0 Å². The van der Waals surface area contributed by atoms with Crippen molar-refractivity contribution < 1.29 is 43.9 Å². The maximum absolute atomic E-state index is 13.2. The summed E-state index contributed by atoms with van der Waals surface area (Å²) in [6.07, 6.45) is -2.58. The third-order valence-corrected chi connectivity index (χ3v) is 9.89. The van der Waals surface area contributed by atoms with Crippen molar-refractivity contribution >= 4 is 17.7 Å². The topological polar surface area (TPSA) is 140 Å². The van der Waals surface area contributed by atoms with Gasteiger partial charge < -0.3 is 29.5 Å². The van der Waals surface area contributed by atoms with Gasteiger partial charge in [0.25, 0.3) is 0 Å². The summed E-state index contributed by atoms with van der Waals surface area (Å²) in [6, 6.07) is 0. The number of aliphatic hydroxyl groups is 3. The minimum atomic E-state index is -2.06. The summed E-state index contributed by atoms with van der Waals surface area (Å²) in [6.45, 7) is 8.74. The number of hydrogen-bond donors (Lipinski definition) is 3. The molecule has 9 heteroatoms. The van der Waals surface area contributed by atoms with Crippen LogP contribution in [0.15, 0.2) is 11.6 Å². The summed E-state index contributed by atoms with van der Waals surface area (Å²) in [5.74, 6) is -6.89. The van der Waals surface area contributed by atoms with E-state index in [0.717, 1.165) is 5.57 Å². The van der Waals surface area contributed by atoms with Gasteiger partial charge in [-0.1, -0.05) is 33.3 Å². The smallest absolute Gasteiger partial charge is 0.348 e. The number of fused-ring (bicyclic) bond motifs is 1. The lowest BCUT2D eigenvalue weighted by Crippen LogP contribution is -2.78. The van der Waals surface area contributed by atoms with Crippen LogP contribution in [-0.4, -0.2) is 69.9 Å². The van der Waals surface area contributed by atoms with Crippen molar-refractivity contribution in [3.05, 3.63) is 11.6 Å². The van der Waals surface area contributed by atoms with Crippen molar-refractivity contribution in [2.75, 3.05) is 6.61 Å². The van der Waals surface area contributed by atoms with Gasteiger partial charge in [0.2, 0.25) is 6.10 Å². The highest BCUT2D eigenvalue weighted by atomic mass is 16.7. The average Bonchev–Trinajstić information content (AvgIpc) is 3.08. The molecule has 3 aliphatic carbocycles. The predicted molar refractivity (Wildman–Crippen MR) is 116 cm³/mol. The molecule has 34 heavy (non-hydrogen) atoms. The Morgan fingerprint density at radius 2 is 2.00 bits per heavy atom. The van der Waals surface area contributed by atoms with Crippen molar-refractivity contribution in [3.63, 3.8) is 0 Å². The van der Waals surface area contributed by atoms with Crippen LogP contribution in [0, 0.1) is 40.4 Å². The van der Waals surface area contributed by atoms with Gasteiger partial charge in [-0.25, -0.2) is 4.79 Å². The van der Waals surface area contributed by atoms with Crippen LogP contribution in [0.5, 0.6) is 0 Å². The summed E-state index contributed by atoms with van der Waals surface area (Å²) in [4.78, 5) is 38.7. The number of carbonyl (C=O) groups is 3. The van der Waals surface area contributed by atoms with E-state index in [1.54, 1.807) is 27.7 Å². The van der Waals surface area contributed by atoms with E-state index in [1.165, 1.54) is 6.08 Å². The Labute approximate surface area is 198 Å². The lowest BCUT2D eigenvalue weighted by Gasteiger charge is -2.68.